The van der Waals surface area contributed by atoms with E-state index in [9.17, 15) is 13.2 Å². The molecule has 2 amide bonds. The van der Waals surface area contributed by atoms with Gasteiger partial charge in [-0.3, -0.25) is 0 Å². The van der Waals surface area contributed by atoms with E-state index in [1.807, 2.05) is 27.7 Å². The maximum Gasteiger partial charge on any atom is 0.321 e. The third-order valence-electron chi connectivity index (χ3n) is 3.76. The number of hydrogen-bond donors (Lipinski definition) is 1. The van der Waals surface area contributed by atoms with E-state index in [-0.39, 0.29) is 17.0 Å². The molecule has 0 atom stereocenters. The van der Waals surface area contributed by atoms with E-state index in [2.05, 4.69) is 5.32 Å². The first-order valence-corrected chi connectivity index (χ1v) is 9.16. The number of carbonyl (C=O) groups is 1. The van der Waals surface area contributed by atoms with E-state index in [1.54, 1.807) is 31.1 Å². The van der Waals surface area contributed by atoms with E-state index in [0.717, 1.165) is 12.0 Å². The molecule has 6 nitrogen and oxygen atoms in total. The largest absolute Gasteiger partial charge is 0.328 e. The Morgan fingerprint density at radius 3 is 2.39 bits per heavy atom. The normalized spacial score (nSPS) is 11.8. The van der Waals surface area contributed by atoms with Crippen LogP contribution in [0.2, 0.25) is 0 Å². The molecule has 130 valence electrons. The highest BCUT2D eigenvalue weighted by atomic mass is 32.2. The number of rotatable bonds is 6. The van der Waals surface area contributed by atoms with E-state index in [0.29, 0.717) is 12.2 Å². The number of aryl methyl sites for hydroxylation is 1. The molecule has 0 aliphatic rings. The van der Waals surface area contributed by atoms with Gasteiger partial charge in [0.2, 0.25) is 10.0 Å². The Kier molecular flexibility index (Phi) is 6.58. The van der Waals surface area contributed by atoms with Gasteiger partial charge in [0.05, 0.1) is 4.90 Å². The van der Waals surface area contributed by atoms with Crippen molar-refractivity contribution in [3.63, 3.8) is 0 Å². The van der Waals surface area contributed by atoms with E-state index in [4.69, 9.17) is 0 Å². The fraction of sp³-hybridized carbons (Fsp3) is 0.562. The quantitative estimate of drug-likeness (QED) is 0.865. The number of urea groups is 1. The van der Waals surface area contributed by atoms with Crippen molar-refractivity contribution in [2.75, 3.05) is 26.0 Å². The number of hydrogen-bond acceptors (Lipinski definition) is 3. The molecule has 7 heteroatoms. The second kappa shape index (κ2) is 7.79. The van der Waals surface area contributed by atoms with E-state index in [1.165, 1.54) is 10.4 Å². The van der Waals surface area contributed by atoms with Gasteiger partial charge in [-0.25, -0.2) is 13.2 Å². The van der Waals surface area contributed by atoms with Gasteiger partial charge in [0.25, 0.3) is 0 Å². The van der Waals surface area contributed by atoms with Crippen molar-refractivity contribution in [1.29, 1.82) is 0 Å². The van der Waals surface area contributed by atoms with Gasteiger partial charge in [-0.15, -0.1) is 0 Å². The van der Waals surface area contributed by atoms with Crippen LogP contribution in [0.15, 0.2) is 23.1 Å². The topological polar surface area (TPSA) is 69.7 Å². The van der Waals surface area contributed by atoms with Crippen molar-refractivity contribution in [2.24, 2.45) is 0 Å². The smallest absolute Gasteiger partial charge is 0.321 e. The van der Waals surface area contributed by atoms with Crippen molar-refractivity contribution >= 4 is 21.7 Å². The molecule has 0 unspecified atom stereocenters. The lowest BCUT2D eigenvalue weighted by Crippen LogP contribution is -2.33. The molecule has 0 saturated carbocycles. The van der Waals surface area contributed by atoms with Crippen LogP contribution in [0.3, 0.4) is 0 Å². The Balaban J connectivity index is 3.12. The number of nitrogens with zero attached hydrogens (tertiary/aromatic N) is 2. The third kappa shape index (κ3) is 4.68. The Morgan fingerprint density at radius 2 is 1.87 bits per heavy atom. The van der Waals surface area contributed by atoms with Crippen LogP contribution in [0.1, 0.15) is 32.8 Å². The molecule has 0 heterocycles. The SMILES string of the molecule is CCCN(C)C(=O)Nc1cc(S(=O)(=O)N(C)C(C)C)ccc1C. The van der Waals surface area contributed by atoms with Crippen molar-refractivity contribution < 1.29 is 13.2 Å². The molecule has 0 aliphatic heterocycles. The van der Waals surface area contributed by atoms with Gasteiger partial charge in [0.15, 0.2) is 0 Å². The van der Waals surface area contributed by atoms with Crippen LogP contribution in [0.5, 0.6) is 0 Å². The summed E-state index contributed by atoms with van der Waals surface area (Å²) in [7, 11) is -0.317. The van der Waals surface area contributed by atoms with Crippen LogP contribution in [0.4, 0.5) is 10.5 Å². The zero-order valence-electron chi connectivity index (χ0n) is 14.8. The predicted molar refractivity (Wildman–Crippen MR) is 93.2 cm³/mol. The number of amides is 2. The second-order valence-electron chi connectivity index (χ2n) is 5.94. The highest BCUT2D eigenvalue weighted by molar-refractivity contribution is 7.89. The van der Waals surface area contributed by atoms with Gasteiger partial charge in [-0.1, -0.05) is 13.0 Å². The third-order valence-corrected chi connectivity index (χ3v) is 5.79. The van der Waals surface area contributed by atoms with Crippen LogP contribution < -0.4 is 5.32 Å². The van der Waals surface area contributed by atoms with Crippen LogP contribution >= 0.6 is 0 Å². The summed E-state index contributed by atoms with van der Waals surface area (Å²) in [6, 6.07) is 4.39. The van der Waals surface area contributed by atoms with Crippen LogP contribution in [0, 0.1) is 6.92 Å². The van der Waals surface area contributed by atoms with E-state index < -0.39 is 10.0 Å². The highest BCUT2D eigenvalue weighted by Gasteiger charge is 2.24. The molecular weight excluding hydrogens is 314 g/mol. The minimum absolute atomic E-state index is 0.143. The Labute approximate surface area is 139 Å². The molecule has 0 fully saturated rings. The van der Waals surface area contributed by atoms with Gasteiger partial charge in [0, 0.05) is 32.4 Å². The monoisotopic (exact) mass is 341 g/mol. The zero-order chi connectivity index (χ0) is 17.8. The van der Waals surface area contributed by atoms with Crippen molar-refractivity contribution in [2.45, 2.75) is 45.1 Å². The summed E-state index contributed by atoms with van der Waals surface area (Å²) in [6.07, 6.45) is 0.858. The Morgan fingerprint density at radius 1 is 1.26 bits per heavy atom. The molecule has 1 aromatic rings. The summed E-state index contributed by atoms with van der Waals surface area (Å²) < 4.78 is 26.4. The first kappa shape index (κ1) is 19.4. The number of carbonyl (C=O) groups excluding carboxylic acids is 1. The molecule has 23 heavy (non-hydrogen) atoms. The minimum Gasteiger partial charge on any atom is -0.328 e. The standard InChI is InChI=1S/C16H27N3O3S/c1-7-10-18(5)16(20)17-15-11-14(9-8-13(15)4)23(21,22)19(6)12(2)3/h8-9,11-12H,7,10H2,1-6H3,(H,17,20). The molecule has 0 radical (unpaired) electrons. The first-order chi connectivity index (χ1) is 10.6. The average Bonchev–Trinajstić information content (AvgIpc) is 2.48. The lowest BCUT2D eigenvalue weighted by Gasteiger charge is -2.22. The molecule has 0 saturated heterocycles. The van der Waals surface area contributed by atoms with E-state index >= 15 is 0 Å². The second-order valence-corrected chi connectivity index (χ2v) is 7.94. The summed E-state index contributed by atoms with van der Waals surface area (Å²) >= 11 is 0. The molecule has 0 spiro atoms. The van der Waals surface area contributed by atoms with Gasteiger partial charge in [-0.2, -0.15) is 4.31 Å². The maximum absolute atomic E-state index is 12.6. The van der Waals surface area contributed by atoms with Gasteiger partial charge < -0.3 is 10.2 Å². The molecule has 1 rings (SSSR count). The Bertz CT molecular complexity index is 657. The fourth-order valence-electron chi connectivity index (χ4n) is 1.99. The van der Waals surface area contributed by atoms with Crippen molar-refractivity contribution in [1.82, 2.24) is 9.21 Å². The van der Waals surface area contributed by atoms with Crippen molar-refractivity contribution in [3.05, 3.63) is 23.8 Å². The predicted octanol–water partition coefficient (Wildman–Crippen LogP) is 2.90. The first-order valence-electron chi connectivity index (χ1n) is 7.72. The van der Waals surface area contributed by atoms with Crippen LogP contribution in [0.25, 0.3) is 0 Å². The zero-order valence-corrected chi connectivity index (χ0v) is 15.6. The molecular formula is C16H27N3O3S. The summed E-state index contributed by atoms with van der Waals surface area (Å²) in [5.41, 5.74) is 1.32. The summed E-state index contributed by atoms with van der Waals surface area (Å²) in [6.45, 7) is 8.09. The Hall–Kier alpha value is -1.60. The highest BCUT2D eigenvalue weighted by Crippen LogP contribution is 2.23. The van der Waals surface area contributed by atoms with Gasteiger partial charge in [-0.05, 0) is 44.9 Å². The molecule has 0 bridgehead atoms. The average molecular weight is 341 g/mol. The molecule has 1 aromatic carbocycles. The van der Waals surface area contributed by atoms with Gasteiger partial charge in [0.1, 0.15) is 0 Å². The maximum atomic E-state index is 12.6. The number of benzene rings is 1. The number of anilines is 1. The van der Waals surface area contributed by atoms with Crippen molar-refractivity contribution in [3.8, 4) is 0 Å². The fourth-order valence-corrected chi connectivity index (χ4v) is 3.38. The number of sulfonamides is 1. The molecule has 1 N–H and O–H groups in total. The summed E-state index contributed by atoms with van der Waals surface area (Å²) in [4.78, 5) is 13.9. The van der Waals surface area contributed by atoms with Crippen LogP contribution in [-0.2, 0) is 10.0 Å². The summed E-state index contributed by atoms with van der Waals surface area (Å²) in [5, 5.41) is 2.78. The van der Waals surface area contributed by atoms with Crippen LogP contribution in [-0.4, -0.2) is 50.3 Å². The van der Waals surface area contributed by atoms with Gasteiger partial charge >= 0.3 is 6.03 Å². The molecule has 0 aliphatic carbocycles. The number of nitrogens with one attached hydrogen (secondary N) is 1. The molecule has 0 aromatic heterocycles. The lowest BCUT2D eigenvalue weighted by molar-refractivity contribution is 0.222. The summed E-state index contributed by atoms with van der Waals surface area (Å²) in [5.74, 6) is 0. The minimum atomic E-state index is -3.58. The lowest BCUT2D eigenvalue weighted by atomic mass is 10.2.